The van der Waals surface area contributed by atoms with Crippen molar-refractivity contribution in [2.24, 2.45) is 17.6 Å². The molecule has 1 amide bonds. The fraction of sp³-hybridized carbons (Fsp3) is 0.933. The van der Waals surface area contributed by atoms with E-state index in [2.05, 4.69) is 29.1 Å². The minimum atomic E-state index is 0.152. The summed E-state index contributed by atoms with van der Waals surface area (Å²) in [6.07, 6.45) is 3.27. The minimum absolute atomic E-state index is 0.152. The zero-order valence-electron chi connectivity index (χ0n) is 13.0. The van der Waals surface area contributed by atoms with Crippen molar-refractivity contribution in [3.63, 3.8) is 0 Å². The van der Waals surface area contributed by atoms with Crippen LogP contribution in [0.1, 0.15) is 26.2 Å². The summed E-state index contributed by atoms with van der Waals surface area (Å²) >= 11 is 0. The van der Waals surface area contributed by atoms with Crippen molar-refractivity contribution in [2.75, 3.05) is 46.3 Å². The number of nitrogens with zero attached hydrogens (tertiary/aromatic N) is 2. The van der Waals surface area contributed by atoms with E-state index in [4.69, 9.17) is 5.73 Å². The lowest BCUT2D eigenvalue weighted by atomic mass is 9.95. The molecule has 2 rings (SSSR count). The van der Waals surface area contributed by atoms with Crippen LogP contribution in [0.15, 0.2) is 0 Å². The van der Waals surface area contributed by atoms with Crippen LogP contribution in [0.25, 0.3) is 0 Å². The Morgan fingerprint density at radius 3 is 2.65 bits per heavy atom. The Morgan fingerprint density at radius 2 is 2.00 bits per heavy atom. The maximum absolute atomic E-state index is 12.3. The highest BCUT2D eigenvalue weighted by Gasteiger charge is 2.32. The van der Waals surface area contributed by atoms with Gasteiger partial charge in [0.1, 0.15) is 0 Å². The monoisotopic (exact) mass is 282 g/mol. The molecular formula is C15H30N4O. The Balaban J connectivity index is 1.72. The first-order valence-electron chi connectivity index (χ1n) is 8.02. The molecule has 1 saturated carbocycles. The van der Waals surface area contributed by atoms with Gasteiger partial charge >= 0.3 is 0 Å². The molecule has 1 aliphatic carbocycles. The van der Waals surface area contributed by atoms with Gasteiger partial charge in [0, 0.05) is 44.7 Å². The van der Waals surface area contributed by atoms with Gasteiger partial charge in [-0.1, -0.05) is 6.42 Å². The highest BCUT2D eigenvalue weighted by atomic mass is 16.1. The first-order valence-corrected chi connectivity index (χ1v) is 8.02. The largest absolute Gasteiger partial charge is 0.354 e. The molecule has 0 aromatic heterocycles. The molecule has 0 bridgehead atoms. The van der Waals surface area contributed by atoms with Crippen LogP contribution in [0, 0.1) is 11.8 Å². The van der Waals surface area contributed by atoms with Crippen LogP contribution in [0.2, 0.25) is 0 Å². The summed E-state index contributed by atoms with van der Waals surface area (Å²) in [6, 6.07) is 0.422. The fourth-order valence-electron chi connectivity index (χ4n) is 3.44. The van der Waals surface area contributed by atoms with Crippen LogP contribution >= 0.6 is 0 Å². The number of hydrogen-bond donors (Lipinski definition) is 2. The molecule has 0 radical (unpaired) electrons. The SMILES string of the molecule is CC(CNC(=O)[C@@H]1CCC[C@@H]1CN)N1CCN(C)CC1. The number of amides is 1. The zero-order valence-corrected chi connectivity index (χ0v) is 13.0. The molecule has 1 heterocycles. The van der Waals surface area contributed by atoms with Crippen LogP contribution < -0.4 is 11.1 Å². The van der Waals surface area contributed by atoms with Crippen molar-refractivity contribution in [3.8, 4) is 0 Å². The molecule has 2 aliphatic rings. The topological polar surface area (TPSA) is 61.6 Å². The summed E-state index contributed by atoms with van der Waals surface area (Å²) in [5.74, 6) is 0.771. The molecule has 0 aromatic rings. The van der Waals surface area contributed by atoms with Crippen LogP contribution in [-0.2, 0) is 4.79 Å². The summed E-state index contributed by atoms with van der Waals surface area (Å²) in [7, 11) is 2.16. The van der Waals surface area contributed by atoms with Crippen LogP contribution in [0.5, 0.6) is 0 Å². The molecule has 5 nitrogen and oxygen atoms in total. The van der Waals surface area contributed by atoms with E-state index in [0.717, 1.165) is 52.0 Å². The van der Waals surface area contributed by atoms with Gasteiger partial charge in [0.2, 0.25) is 5.91 Å². The molecular weight excluding hydrogens is 252 g/mol. The predicted molar refractivity (Wildman–Crippen MR) is 81.4 cm³/mol. The first kappa shape index (κ1) is 15.7. The lowest BCUT2D eigenvalue weighted by Crippen LogP contribution is -2.51. The zero-order chi connectivity index (χ0) is 14.5. The third kappa shape index (κ3) is 3.93. The number of carbonyl (C=O) groups excluding carboxylic acids is 1. The summed E-state index contributed by atoms with van der Waals surface area (Å²) in [4.78, 5) is 17.1. The second-order valence-electron chi connectivity index (χ2n) is 6.47. The molecule has 1 unspecified atom stereocenters. The van der Waals surface area contributed by atoms with Gasteiger partial charge in [0.25, 0.3) is 0 Å². The van der Waals surface area contributed by atoms with Crippen molar-refractivity contribution in [1.82, 2.24) is 15.1 Å². The summed E-state index contributed by atoms with van der Waals surface area (Å²) < 4.78 is 0. The molecule has 3 atom stereocenters. The summed E-state index contributed by atoms with van der Waals surface area (Å²) in [5.41, 5.74) is 5.75. The standard InChI is InChI=1S/C15H30N4O/c1-12(19-8-6-18(2)7-9-19)11-17-15(20)14-5-3-4-13(14)10-16/h12-14H,3-11,16H2,1-2H3,(H,17,20)/t12?,13-,14-/m1/s1. The van der Waals surface area contributed by atoms with Crippen LogP contribution in [-0.4, -0.2) is 68.1 Å². The van der Waals surface area contributed by atoms with E-state index in [-0.39, 0.29) is 11.8 Å². The lowest BCUT2D eigenvalue weighted by Gasteiger charge is -2.36. The average molecular weight is 282 g/mol. The first-order chi connectivity index (χ1) is 9.61. The minimum Gasteiger partial charge on any atom is -0.354 e. The Morgan fingerprint density at radius 1 is 1.30 bits per heavy atom. The predicted octanol–water partition coefficient (Wildman–Crippen LogP) is 0.114. The highest BCUT2D eigenvalue weighted by molar-refractivity contribution is 5.79. The normalized spacial score (nSPS) is 30.4. The van der Waals surface area contributed by atoms with Gasteiger partial charge in [-0.2, -0.15) is 0 Å². The number of likely N-dealkylation sites (N-methyl/N-ethyl adjacent to an activating group) is 1. The van der Waals surface area contributed by atoms with Gasteiger partial charge in [0.05, 0.1) is 0 Å². The van der Waals surface area contributed by atoms with E-state index < -0.39 is 0 Å². The molecule has 1 aliphatic heterocycles. The molecule has 0 aromatic carbocycles. The summed E-state index contributed by atoms with van der Waals surface area (Å²) in [6.45, 7) is 8.06. The van der Waals surface area contributed by atoms with Gasteiger partial charge in [0.15, 0.2) is 0 Å². The van der Waals surface area contributed by atoms with E-state index >= 15 is 0 Å². The number of hydrogen-bond acceptors (Lipinski definition) is 4. The fourth-order valence-corrected chi connectivity index (χ4v) is 3.44. The van der Waals surface area contributed by atoms with Gasteiger partial charge in [-0.25, -0.2) is 0 Å². The van der Waals surface area contributed by atoms with E-state index in [1.54, 1.807) is 0 Å². The molecule has 2 fully saturated rings. The summed E-state index contributed by atoms with van der Waals surface area (Å²) in [5, 5.41) is 3.15. The Kier molecular flexibility index (Phi) is 5.81. The van der Waals surface area contributed by atoms with Crippen molar-refractivity contribution in [1.29, 1.82) is 0 Å². The highest BCUT2D eigenvalue weighted by Crippen LogP contribution is 2.30. The lowest BCUT2D eigenvalue weighted by molar-refractivity contribution is -0.126. The van der Waals surface area contributed by atoms with Crippen molar-refractivity contribution in [2.45, 2.75) is 32.2 Å². The van der Waals surface area contributed by atoms with Gasteiger partial charge in [-0.05, 0) is 39.3 Å². The van der Waals surface area contributed by atoms with Crippen molar-refractivity contribution >= 4 is 5.91 Å². The molecule has 3 N–H and O–H groups in total. The maximum atomic E-state index is 12.3. The number of carbonyl (C=O) groups is 1. The van der Waals surface area contributed by atoms with Crippen molar-refractivity contribution in [3.05, 3.63) is 0 Å². The molecule has 20 heavy (non-hydrogen) atoms. The second-order valence-corrected chi connectivity index (χ2v) is 6.47. The number of nitrogens with two attached hydrogens (primary N) is 1. The van der Waals surface area contributed by atoms with E-state index in [1.165, 1.54) is 0 Å². The quantitative estimate of drug-likeness (QED) is 0.751. The maximum Gasteiger partial charge on any atom is 0.223 e. The van der Waals surface area contributed by atoms with E-state index in [0.29, 0.717) is 18.5 Å². The van der Waals surface area contributed by atoms with Crippen LogP contribution in [0.3, 0.4) is 0 Å². The van der Waals surface area contributed by atoms with Crippen LogP contribution in [0.4, 0.5) is 0 Å². The smallest absolute Gasteiger partial charge is 0.223 e. The molecule has 5 heteroatoms. The Hall–Kier alpha value is -0.650. The second kappa shape index (κ2) is 7.38. The third-order valence-corrected chi connectivity index (χ3v) is 5.03. The Bertz CT molecular complexity index is 315. The number of rotatable bonds is 5. The molecule has 0 spiro atoms. The molecule has 116 valence electrons. The van der Waals surface area contributed by atoms with Gasteiger partial charge in [-0.15, -0.1) is 0 Å². The third-order valence-electron chi connectivity index (χ3n) is 5.03. The number of nitrogens with one attached hydrogen (secondary N) is 1. The van der Waals surface area contributed by atoms with E-state index in [9.17, 15) is 4.79 Å². The van der Waals surface area contributed by atoms with Gasteiger partial charge < -0.3 is 16.0 Å². The molecule has 1 saturated heterocycles. The number of piperazine rings is 1. The van der Waals surface area contributed by atoms with Crippen molar-refractivity contribution < 1.29 is 4.79 Å². The van der Waals surface area contributed by atoms with Gasteiger partial charge in [-0.3, -0.25) is 9.69 Å². The Labute approximate surface area is 122 Å². The van der Waals surface area contributed by atoms with E-state index in [1.807, 2.05) is 0 Å². The average Bonchev–Trinajstić information content (AvgIpc) is 2.93.